The third kappa shape index (κ3) is 3.81. The average Bonchev–Trinajstić information content (AvgIpc) is 2.36. The fourth-order valence-corrected chi connectivity index (χ4v) is 1.11. The van der Waals surface area contributed by atoms with Crippen LogP contribution >= 0.6 is 0 Å². The molecule has 0 saturated heterocycles. The molecule has 0 aliphatic heterocycles. The molecule has 0 saturated carbocycles. The lowest BCUT2D eigenvalue weighted by molar-refractivity contribution is 0.0228. The van der Waals surface area contributed by atoms with Crippen molar-refractivity contribution < 1.29 is 19.4 Å². The third-order valence-electron chi connectivity index (χ3n) is 2.47. The van der Waals surface area contributed by atoms with Gasteiger partial charge in [0.05, 0.1) is 11.2 Å². The summed E-state index contributed by atoms with van der Waals surface area (Å²) in [6.07, 6.45) is 1.15. The smallest absolute Gasteiger partial charge is 0.337 e. The zero-order valence-corrected chi connectivity index (χ0v) is 10.6. The van der Waals surface area contributed by atoms with E-state index in [4.69, 9.17) is 9.84 Å². The van der Waals surface area contributed by atoms with Gasteiger partial charge in [0.15, 0.2) is 0 Å². The number of carboxylic acid groups (broad SMARTS) is 1. The SMILES string of the molecule is COC(C)(C)CNC(=O)c1ccc(C(=O)O)cn1. The Morgan fingerprint density at radius 1 is 1.44 bits per heavy atom. The van der Waals surface area contributed by atoms with E-state index in [9.17, 15) is 9.59 Å². The molecule has 1 amide bonds. The average molecular weight is 252 g/mol. The molecule has 1 heterocycles. The molecule has 0 atom stereocenters. The van der Waals surface area contributed by atoms with Crippen LogP contribution in [0.2, 0.25) is 0 Å². The largest absolute Gasteiger partial charge is 0.478 e. The minimum Gasteiger partial charge on any atom is -0.478 e. The molecule has 1 aromatic rings. The van der Waals surface area contributed by atoms with E-state index in [0.717, 1.165) is 6.20 Å². The second-order valence-corrected chi connectivity index (χ2v) is 4.38. The first-order valence-corrected chi connectivity index (χ1v) is 5.38. The number of pyridine rings is 1. The van der Waals surface area contributed by atoms with E-state index in [1.165, 1.54) is 12.1 Å². The van der Waals surface area contributed by atoms with Crippen LogP contribution in [-0.2, 0) is 4.74 Å². The molecule has 18 heavy (non-hydrogen) atoms. The van der Waals surface area contributed by atoms with Crippen molar-refractivity contribution in [3.05, 3.63) is 29.6 Å². The molecule has 0 aliphatic rings. The highest BCUT2D eigenvalue weighted by Crippen LogP contribution is 2.06. The molecule has 6 heteroatoms. The Morgan fingerprint density at radius 3 is 2.56 bits per heavy atom. The molecule has 0 fully saturated rings. The number of methoxy groups -OCH3 is 1. The molecule has 1 rings (SSSR count). The molecule has 0 bridgehead atoms. The number of nitrogens with one attached hydrogen (secondary N) is 1. The van der Waals surface area contributed by atoms with Crippen LogP contribution in [0.3, 0.4) is 0 Å². The summed E-state index contributed by atoms with van der Waals surface area (Å²) in [6, 6.07) is 2.71. The van der Waals surface area contributed by atoms with E-state index in [1.54, 1.807) is 7.11 Å². The quantitative estimate of drug-likeness (QED) is 0.814. The van der Waals surface area contributed by atoms with Gasteiger partial charge in [-0.3, -0.25) is 9.78 Å². The summed E-state index contributed by atoms with van der Waals surface area (Å²) in [5.41, 5.74) is -0.243. The molecular weight excluding hydrogens is 236 g/mol. The summed E-state index contributed by atoms with van der Waals surface area (Å²) in [5, 5.41) is 11.4. The highest BCUT2D eigenvalue weighted by molar-refractivity contribution is 5.93. The summed E-state index contributed by atoms with van der Waals surface area (Å²) < 4.78 is 5.16. The Balaban J connectivity index is 2.65. The fourth-order valence-electron chi connectivity index (χ4n) is 1.11. The van der Waals surface area contributed by atoms with Crippen LogP contribution in [0.5, 0.6) is 0 Å². The zero-order valence-electron chi connectivity index (χ0n) is 10.6. The van der Waals surface area contributed by atoms with Gasteiger partial charge in [-0.2, -0.15) is 0 Å². The van der Waals surface area contributed by atoms with E-state index in [0.29, 0.717) is 6.54 Å². The number of amides is 1. The van der Waals surface area contributed by atoms with Crippen LogP contribution in [0.15, 0.2) is 18.3 Å². The van der Waals surface area contributed by atoms with E-state index in [2.05, 4.69) is 10.3 Å². The van der Waals surface area contributed by atoms with Crippen LogP contribution in [0, 0.1) is 0 Å². The Morgan fingerprint density at radius 2 is 2.11 bits per heavy atom. The highest BCUT2D eigenvalue weighted by Gasteiger charge is 2.18. The number of aromatic carboxylic acids is 1. The summed E-state index contributed by atoms with van der Waals surface area (Å²) >= 11 is 0. The lowest BCUT2D eigenvalue weighted by Crippen LogP contribution is -2.40. The number of aromatic nitrogens is 1. The predicted molar refractivity (Wildman–Crippen MR) is 64.6 cm³/mol. The van der Waals surface area contributed by atoms with Gasteiger partial charge in [-0.05, 0) is 26.0 Å². The number of nitrogens with zero attached hydrogens (tertiary/aromatic N) is 1. The molecule has 2 N–H and O–H groups in total. The van der Waals surface area contributed by atoms with Gasteiger partial charge in [-0.25, -0.2) is 4.79 Å². The maximum atomic E-state index is 11.7. The normalized spacial score (nSPS) is 11.1. The predicted octanol–water partition coefficient (Wildman–Crippen LogP) is 0.935. The number of rotatable bonds is 5. The molecule has 0 unspecified atom stereocenters. The second kappa shape index (κ2) is 5.59. The van der Waals surface area contributed by atoms with Crippen molar-refractivity contribution in [2.75, 3.05) is 13.7 Å². The number of carbonyl (C=O) groups is 2. The number of hydrogen-bond acceptors (Lipinski definition) is 4. The first-order chi connectivity index (χ1) is 8.35. The first kappa shape index (κ1) is 14.1. The summed E-state index contributed by atoms with van der Waals surface area (Å²) in [4.78, 5) is 26.1. The van der Waals surface area contributed by atoms with Gasteiger partial charge in [-0.1, -0.05) is 0 Å². The van der Waals surface area contributed by atoms with E-state index in [1.807, 2.05) is 13.8 Å². The van der Waals surface area contributed by atoms with E-state index < -0.39 is 11.6 Å². The van der Waals surface area contributed by atoms with Gasteiger partial charge < -0.3 is 15.2 Å². The lowest BCUT2D eigenvalue weighted by Gasteiger charge is -2.22. The Hall–Kier alpha value is -1.95. The van der Waals surface area contributed by atoms with Crippen molar-refractivity contribution in [1.82, 2.24) is 10.3 Å². The Labute approximate surface area is 105 Å². The summed E-state index contributed by atoms with van der Waals surface area (Å²) in [6.45, 7) is 4.02. The van der Waals surface area contributed by atoms with Gasteiger partial charge >= 0.3 is 5.97 Å². The Bertz CT molecular complexity index is 440. The standard InChI is InChI=1S/C12H16N2O4/c1-12(2,18-3)7-14-10(15)9-5-4-8(6-13-9)11(16)17/h4-6H,7H2,1-3H3,(H,14,15)(H,16,17). The fraction of sp³-hybridized carbons (Fsp3) is 0.417. The van der Waals surface area contributed by atoms with Crippen molar-refractivity contribution in [1.29, 1.82) is 0 Å². The maximum Gasteiger partial charge on any atom is 0.337 e. The van der Waals surface area contributed by atoms with Crippen LogP contribution < -0.4 is 5.32 Å². The molecule has 0 aromatic carbocycles. The molecule has 0 aliphatic carbocycles. The van der Waals surface area contributed by atoms with Crippen molar-refractivity contribution in [3.63, 3.8) is 0 Å². The topological polar surface area (TPSA) is 88.5 Å². The molecule has 98 valence electrons. The van der Waals surface area contributed by atoms with Gasteiger partial charge in [0.25, 0.3) is 5.91 Å². The summed E-state index contributed by atoms with van der Waals surface area (Å²) in [5.74, 6) is -1.44. The van der Waals surface area contributed by atoms with Crippen molar-refractivity contribution in [2.24, 2.45) is 0 Å². The van der Waals surface area contributed by atoms with Crippen LogP contribution in [0.25, 0.3) is 0 Å². The zero-order chi connectivity index (χ0) is 13.8. The van der Waals surface area contributed by atoms with Crippen LogP contribution in [0.1, 0.15) is 34.7 Å². The van der Waals surface area contributed by atoms with E-state index >= 15 is 0 Å². The third-order valence-corrected chi connectivity index (χ3v) is 2.47. The minimum atomic E-state index is -1.07. The van der Waals surface area contributed by atoms with E-state index in [-0.39, 0.29) is 17.2 Å². The lowest BCUT2D eigenvalue weighted by atomic mass is 10.1. The molecular formula is C12H16N2O4. The van der Waals surface area contributed by atoms with Crippen molar-refractivity contribution in [3.8, 4) is 0 Å². The Kier molecular flexibility index (Phi) is 4.38. The number of carboxylic acids is 1. The number of hydrogen-bond donors (Lipinski definition) is 2. The first-order valence-electron chi connectivity index (χ1n) is 5.38. The molecule has 6 nitrogen and oxygen atoms in total. The minimum absolute atomic E-state index is 0.0452. The number of ether oxygens (including phenoxy) is 1. The monoisotopic (exact) mass is 252 g/mol. The maximum absolute atomic E-state index is 11.7. The van der Waals surface area contributed by atoms with Gasteiger partial charge in [0.1, 0.15) is 5.69 Å². The summed E-state index contributed by atoms with van der Waals surface area (Å²) in [7, 11) is 1.56. The van der Waals surface area contributed by atoms with Crippen molar-refractivity contribution >= 4 is 11.9 Å². The van der Waals surface area contributed by atoms with Crippen LogP contribution in [-0.4, -0.2) is 41.2 Å². The highest BCUT2D eigenvalue weighted by atomic mass is 16.5. The molecule has 0 radical (unpaired) electrons. The van der Waals surface area contributed by atoms with Crippen LogP contribution in [0.4, 0.5) is 0 Å². The molecule has 1 aromatic heterocycles. The number of carbonyl (C=O) groups excluding carboxylic acids is 1. The second-order valence-electron chi connectivity index (χ2n) is 4.38. The van der Waals surface area contributed by atoms with Crippen molar-refractivity contribution in [2.45, 2.75) is 19.4 Å². The molecule has 0 spiro atoms. The van der Waals surface area contributed by atoms with Gasteiger partial charge in [0, 0.05) is 19.9 Å². The van der Waals surface area contributed by atoms with Gasteiger partial charge in [-0.15, -0.1) is 0 Å². The van der Waals surface area contributed by atoms with Gasteiger partial charge in [0.2, 0.25) is 0 Å².